The predicted octanol–water partition coefficient (Wildman–Crippen LogP) is 4.21. The number of amides is 3. The van der Waals surface area contributed by atoms with Gasteiger partial charge in [-0.3, -0.25) is 4.79 Å². The second kappa shape index (κ2) is 11.4. The zero-order valence-electron chi connectivity index (χ0n) is 19.6. The van der Waals surface area contributed by atoms with Crippen LogP contribution in [0, 0.1) is 11.8 Å². The van der Waals surface area contributed by atoms with Crippen molar-refractivity contribution < 1.29 is 14.3 Å². The normalized spacial score (nSPS) is 11.0. The number of carbonyl (C=O) groups excluding carboxylic acids is 2. The van der Waals surface area contributed by atoms with Gasteiger partial charge in [0, 0.05) is 32.0 Å². The number of anilines is 1. The first-order valence-corrected chi connectivity index (χ1v) is 10.8. The maximum absolute atomic E-state index is 13.3. The fraction of sp³-hybridized carbons (Fsp3) is 0.500. The van der Waals surface area contributed by atoms with E-state index in [-0.39, 0.29) is 24.4 Å². The van der Waals surface area contributed by atoms with E-state index in [1.807, 2.05) is 60.8 Å². The Morgan fingerprint density at radius 2 is 1.65 bits per heavy atom. The molecule has 1 N–H and O–H groups in total. The second-order valence-electron chi connectivity index (χ2n) is 8.68. The number of hydrogen-bond donors (Lipinski definition) is 1. The molecule has 2 rings (SSSR count). The van der Waals surface area contributed by atoms with Gasteiger partial charge in [-0.25, -0.2) is 4.79 Å². The number of nitrogens with one attached hydrogen (secondary N) is 1. The molecule has 1 heterocycles. The Kier molecular flexibility index (Phi) is 8.97. The Morgan fingerprint density at radius 1 is 1.00 bits per heavy atom. The van der Waals surface area contributed by atoms with E-state index in [0.29, 0.717) is 37.0 Å². The third-order valence-electron chi connectivity index (χ3n) is 4.89. The first kappa shape index (κ1) is 24.3. The van der Waals surface area contributed by atoms with Crippen molar-refractivity contribution in [3.8, 4) is 5.75 Å². The van der Waals surface area contributed by atoms with Gasteiger partial charge in [-0.1, -0.05) is 39.8 Å². The summed E-state index contributed by atoms with van der Waals surface area (Å²) in [5.41, 5.74) is 1.64. The Bertz CT molecular complexity index is 860. The average molecular weight is 429 g/mol. The molecule has 0 fully saturated rings. The Hall–Kier alpha value is -2.96. The molecule has 1 aromatic heterocycles. The second-order valence-corrected chi connectivity index (χ2v) is 8.68. The fourth-order valence-corrected chi connectivity index (χ4v) is 3.42. The molecule has 31 heavy (non-hydrogen) atoms. The van der Waals surface area contributed by atoms with Gasteiger partial charge in [0.1, 0.15) is 12.3 Å². The number of methoxy groups -OCH3 is 1. The topological polar surface area (TPSA) is 66.8 Å². The van der Waals surface area contributed by atoms with Crippen LogP contribution in [0.4, 0.5) is 10.5 Å². The number of hydrogen-bond acceptors (Lipinski definition) is 3. The minimum atomic E-state index is -0.310. The lowest BCUT2D eigenvalue weighted by atomic mass is 10.2. The molecule has 7 nitrogen and oxygen atoms in total. The van der Waals surface area contributed by atoms with Crippen molar-refractivity contribution in [2.24, 2.45) is 18.9 Å². The molecule has 0 aliphatic heterocycles. The van der Waals surface area contributed by atoms with Gasteiger partial charge in [-0.15, -0.1) is 0 Å². The lowest BCUT2D eigenvalue weighted by Gasteiger charge is -2.30. The number of carbonyl (C=O) groups is 2. The summed E-state index contributed by atoms with van der Waals surface area (Å²) in [4.78, 5) is 29.7. The van der Waals surface area contributed by atoms with Gasteiger partial charge in [0.2, 0.25) is 5.91 Å². The van der Waals surface area contributed by atoms with Crippen molar-refractivity contribution in [1.29, 1.82) is 0 Å². The maximum atomic E-state index is 13.3. The van der Waals surface area contributed by atoms with E-state index in [1.54, 1.807) is 24.1 Å². The van der Waals surface area contributed by atoms with E-state index in [0.717, 1.165) is 5.69 Å². The first-order chi connectivity index (χ1) is 14.7. The van der Waals surface area contributed by atoms with Crippen LogP contribution in [0.5, 0.6) is 5.75 Å². The summed E-state index contributed by atoms with van der Waals surface area (Å²) in [6, 6.07) is 10.9. The van der Waals surface area contributed by atoms with E-state index < -0.39 is 0 Å². The first-order valence-electron chi connectivity index (χ1n) is 10.8. The zero-order chi connectivity index (χ0) is 23.0. The van der Waals surface area contributed by atoms with Crippen LogP contribution >= 0.6 is 0 Å². The van der Waals surface area contributed by atoms with Crippen LogP contribution in [-0.2, 0) is 18.4 Å². The average Bonchev–Trinajstić information content (AvgIpc) is 3.11. The van der Waals surface area contributed by atoms with E-state index >= 15 is 0 Å². The molecule has 0 saturated carbocycles. The highest BCUT2D eigenvalue weighted by molar-refractivity contribution is 5.93. The molecule has 7 heteroatoms. The van der Waals surface area contributed by atoms with Gasteiger partial charge in [-0.05, 0) is 36.1 Å². The van der Waals surface area contributed by atoms with Crippen molar-refractivity contribution in [1.82, 2.24) is 14.4 Å². The summed E-state index contributed by atoms with van der Waals surface area (Å²) in [5.74, 6) is 1.07. The smallest absolute Gasteiger partial charge is 0.322 e. The predicted molar refractivity (Wildman–Crippen MR) is 124 cm³/mol. The van der Waals surface area contributed by atoms with Gasteiger partial charge in [0.15, 0.2) is 0 Å². The van der Waals surface area contributed by atoms with Crippen LogP contribution in [0.15, 0.2) is 42.6 Å². The number of aromatic nitrogens is 1. The largest absolute Gasteiger partial charge is 0.495 e. The number of rotatable bonds is 10. The van der Waals surface area contributed by atoms with Crippen LogP contribution < -0.4 is 10.1 Å². The lowest BCUT2D eigenvalue weighted by molar-refractivity contribution is -0.133. The molecule has 1 aromatic carbocycles. The van der Waals surface area contributed by atoms with Gasteiger partial charge >= 0.3 is 6.03 Å². The number of para-hydroxylation sites is 2. The SMILES string of the molecule is COc1ccccc1NC(=O)N(CC(=O)N(Cc1cccn1C)CC(C)C)CC(C)C. The summed E-state index contributed by atoms with van der Waals surface area (Å²) in [6.45, 7) is 9.89. The molecule has 0 aliphatic rings. The molecule has 3 amide bonds. The number of benzene rings is 1. The molecular formula is C24H36N4O3. The molecule has 0 radical (unpaired) electrons. The monoisotopic (exact) mass is 428 g/mol. The third kappa shape index (κ3) is 7.35. The molecule has 0 unspecified atom stereocenters. The quantitative estimate of drug-likeness (QED) is 0.616. The number of urea groups is 1. The minimum Gasteiger partial charge on any atom is -0.495 e. The van der Waals surface area contributed by atoms with Crippen molar-refractivity contribution in [3.63, 3.8) is 0 Å². The van der Waals surface area contributed by atoms with Crippen LogP contribution in [0.3, 0.4) is 0 Å². The Balaban J connectivity index is 2.16. The molecule has 0 aliphatic carbocycles. The molecule has 0 saturated heterocycles. The van der Waals surface area contributed by atoms with Crippen LogP contribution in [0.25, 0.3) is 0 Å². The molecule has 0 spiro atoms. The Labute approximate surface area is 186 Å². The molecular weight excluding hydrogens is 392 g/mol. The van der Waals surface area contributed by atoms with Gasteiger partial charge in [-0.2, -0.15) is 0 Å². The highest BCUT2D eigenvalue weighted by atomic mass is 16.5. The van der Waals surface area contributed by atoms with Crippen molar-refractivity contribution in [2.45, 2.75) is 34.2 Å². The van der Waals surface area contributed by atoms with E-state index in [4.69, 9.17) is 4.74 Å². The molecule has 170 valence electrons. The standard InChI is InChI=1S/C24H36N4O3/c1-18(2)14-27(16-20-10-9-13-26(20)5)23(29)17-28(15-19(3)4)24(30)25-21-11-7-8-12-22(21)31-6/h7-13,18-19H,14-17H2,1-6H3,(H,25,30). The van der Waals surface area contributed by atoms with Crippen LogP contribution in [0.1, 0.15) is 33.4 Å². The van der Waals surface area contributed by atoms with Crippen LogP contribution in [0.2, 0.25) is 0 Å². The maximum Gasteiger partial charge on any atom is 0.322 e. The number of aryl methyl sites for hydroxylation is 1. The third-order valence-corrected chi connectivity index (χ3v) is 4.89. The molecule has 2 aromatic rings. The number of ether oxygens (including phenoxy) is 1. The van der Waals surface area contributed by atoms with E-state index in [1.165, 1.54) is 0 Å². The van der Waals surface area contributed by atoms with E-state index in [9.17, 15) is 9.59 Å². The highest BCUT2D eigenvalue weighted by Gasteiger charge is 2.24. The summed E-state index contributed by atoms with van der Waals surface area (Å²) >= 11 is 0. The fourth-order valence-electron chi connectivity index (χ4n) is 3.42. The van der Waals surface area contributed by atoms with Crippen LogP contribution in [-0.4, -0.2) is 53.0 Å². The summed E-state index contributed by atoms with van der Waals surface area (Å²) in [5, 5.41) is 2.89. The Morgan fingerprint density at radius 3 is 2.23 bits per heavy atom. The van der Waals surface area contributed by atoms with Gasteiger partial charge in [0.25, 0.3) is 0 Å². The van der Waals surface area contributed by atoms with E-state index in [2.05, 4.69) is 19.2 Å². The summed E-state index contributed by atoms with van der Waals surface area (Å²) in [7, 11) is 3.53. The van der Waals surface area contributed by atoms with Crippen molar-refractivity contribution in [2.75, 3.05) is 32.1 Å². The highest BCUT2D eigenvalue weighted by Crippen LogP contribution is 2.23. The van der Waals surface area contributed by atoms with Crippen molar-refractivity contribution >= 4 is 17.6 Å². The summed E-state index contributed by atoms with van der Waals surface area (Å²) < 4.78 is 7.34. The number of nitrogens with zero attached hydrogens (tertiary/aromatic N) is 3. The zero-order valence-corrected chi connectivity index (χ0v) is 19.6. The molecule has 0 atom stereocenters. The molecule has 0 bridgehead atoms. The minimum absolute atomic E-state index is 0.0241. The van der Waals surface area contributed by atoms with Crippen molar-refractivity contribution in [3.05, 3.63) is 48.3 Å². The van der Waals surface area contributed by atoms with Gasteiger partial charge in [0.05, 0.1) is 19.3 Å². The van der Waals surface area contributed by atoms with Gasteiger partial charge < -0.3 is 24.4 Å². The lowest BCUT2D eigenvalue weighted by Crippen LogP contribution is -2.46. The summed E-state index contributed by atoms with van der Waals surface area (Å²) in [6.07, 6.45) is 1.97.